The van der Waals surface area contributed by atoms with Gasteiger partial charge < -0.3 is 24.3 Å². The standard InChI is InChI=1S/C22H27NO7S/c1-11(2)29-21(25)17-13(5)18(22(26)30-12(3)4)31-20(17)23-19(24)14-8-15(27-6)10-16(9-14)28-7/h8-12H,1-7H3,(H,23,24). The van der Waals surface area contributed by atoms with Crippen LogP contribution in [-0.2, 0) is 9.47 Å². The molecule has 31 heavy (non-hydrogen) atoms. The number of nitrogens with one attached hydrogen (secondary N) is 1. The van der Waals surface area contributed by atoms with E-state index in [1.165, 1.54) is 14.2 Å². The van der Waals surface area contributed by atoms with Crippen molar-refractivity contribution >= 4 is 34.2 Å². The predicted octanol–water partition coefficient (Wildman–Crippen LogP) is 4.46. The molecule has 1 aromatic heterocycles. The quantitative estimate of drug-likeness (QED) is 0.594. The second kappa shape index (κ2) is 10.3. The Morgan fingerprint density at radius 2 is 1.39 bits per heavy atom. The maximum absolute atomic E-state index is 12.9. The van der Waals surface area contributed by atoms with Crippen molar-refractivity contribution < 1.29 is 33.3 Å². The molecule has 0 spiro atoms. The van der Waals surface area contributed by atoms with Gasteiger partial charge in [0, 0.05) is 11.6 Å². The monoisotopic (exact) mass is 449 g/mol. The summed E-state index contributed by atoms with van der Waals surface area (Å²) in [6.45, 7) is 8.51. The van der Waals surface area contributed by atoms with Gasteiger partial charge in [-0.3, -0.25) is 4.79 Å². The van der Waals surface area contributed by atoms with Crippen molar-refractivity contribution in [2.45, 2.75) is 46.8 Å². The van der Waals surface area contributed by atoms with Crippen molar-refractivity contribution in [2.75, 3.05) is 19.5 Å². The fourth-order valence-corrected chi connectivity index (χ4v) is 3.77. The van der Waals surface area contributed by atoms with E-state index in [1.54, 1.807) is 52.8 Å². The third kappa shape index (κ3) is 5.97. The summed E-state index contributed by atoms with van der Waals surface area (Å²) in [4.78, 5) is 38.4. The summed E-state index contributed by atoms with van der Waals surface area (Å²) < 4.78 is 21.0. The van der Waals surface area contributed by atoms with E-state index in [2.05, 4.69) is 5.32 Å². The molecule has 0 aliphatic carbocycles. The molecule has 0 bridgehead atoms. The lowest BCUT2D eigenvalue weighted by Gasteiger charge is -2.11. The van der Waals surface area contributed by atoms with E-state index in [0.717, 1.165) is 11.3 Å². The smallest absolute Gasteiger partial charge is 0.348 e. The number of ether oxygens (including phenoxy) is 4. The number of hydrogen-bond donors (Lipinski definition) is 1. The van der Waals surface area contributed by atoms with Crippen LogP contribution in [0.4, 0.5) is 5.00 Å². The molecule has 0 unspecified atom stereocenters. The van der Waals surface area contributed by atoms with Gasteiger partial charge in [0.05, 0.1) is 32.0 Å². The molecule has 8 nitrogen and oxygen atoms in total. The van der Waals surface area contributed by atoms with Gasteiger partial charge >= 0.3 is 11.9 Å². The number of rotatable bonds is 8. The zero-order valence-corrected chi connectivity index (χ0v) is 19.5. The minimum absolute atomic E-state index is 0.123. The lowest BCUT2D eigenvalue weighted by atomic mass is 10.1. The summed E-state index contributed by atoms with van der Waals surface area (Å²) in [5.41, 5.74) is 0.772. The van der Waals surface area contributed by atoms with Crippen LogP contribution in [0, 0.1) is 6.92 Å². The molecule has 0 aliphatic heterocycles. The number of carbonyl (C=O) groups is 3. The largest absolute Gasteiger partial charge is 0.497 e. The second-order valence-corrected chi connectivity index (χ2v) is 8.24. The highest BCUT2D eigenvalue weighted by molar-refractivity contribution is 7.18. The first-order valence-electron chi connectivity index (χ1n) is 9.67. The van der Waals surface area contributed by atoms with Gasteiger partial charge in [-0.2, -0.15) is 0 Å². The minimum Gasteiger partial charge on any atom is -0.497 e. The summed E-state index contributed by atoms with van der Waals surface area (Å²) >= 11 is 0.965. The number of thiophene rings is 1. The van der Waals surface area contributed by atoms with E-state index in [4.69, 9.17) is 18.9 Å². The number of anilines is 1. The van der Waals surface area contributed by atoms with Gasteiger partial charge in [0.15, 0.2) is 0 Å². The Morgan fingerprint density at radius 3 is 1.87 bits per heavy atom. The Balaban J connectivity index is 2.47. The first kappa shape index (κ1) is 24.2. The highest BCUT2D eigenvalue weighted by atomic mass is 32.1. The van der Waals surface area contributed by atoms with E-state index in [9.17, 15) is 14.4 Å². The summed E-state index contributed by atoms with van der Waals surface area (Å²) in [5, 5.41) is 2.91. The van der Waals surface area contributed by atoms with Crippen molar-refractivity contribution in [1.29, 1.82) is 0 Å². The average molecular weight is 450 g/mol. The van der Waals surface area contributed by atoms with E-state index >= 15 is 0 Å². The zero-order chi connectivity index (χ0) is 23.3. The third-order valence-electron chi connectivity index (χ3n) is 4.06. The van der Waals surface area contributed by atoms with Crippen LogP contribution >= 0.6 is 11.3 Å². The van der Waals surface area contributed by atoms with Gasteiger partial charge in [0.1, 0.15) is 21.4 Å². The maximum Gasteiger partial charge on any atom is 0.348 e. The number of methoxy groups -OCH3 is 2. The molecule has 1 N–H and O–H groups in total. The maximum atomic E-state index is 12.9. The van der Waals surface area contributed by atoms with Gasteiger partial charge in [-0.15, -0.1) is 11.3 Å². The number of esters is 2. The van der Waals surface area contributed by atoms with Gasteiger partial charge in [-0.05, 0) is 52.3 Å². The molecule has 168 valence electrons. The predicted molar refractivity (Wildman–Crippen MR) is 118 cm³/mol. The van der Waals surface area contributed by atoms with E-state index in [-0.39, 0.29) is 33.2 Å². The van der Waals surface area contributed by atoms with E-state index < -0.39 is 17.8 Å². The van der Waals surface area contributed by atoms with Crippen molar-refractivity contribution in [1.82, 2.24) is 0 Å². The molecule has 0 fully saturated rings. The number of amides is 1. The zero-order valence-electron chi connectivity index (χ0n) is 18.7. The fourth-order valence-electron chi connectivity index (χ4n) is 2.70. The van der Waals surface area contributed by atoms with Crippen LogP contribution in [0.15, 0.2) is 18.2 Å². The summed E-state index contributed by atoms with van der Waals surface area (Å²) in [7, 11) is 2.96. The first-order chi connectivity index (χ1) is 14.6. The summed E-state index contributed by atoms with van der Waals surface area (Å²) in [6.07, 6.45) is -0.702. The van der Waals surface area contributed by atoms with Crippen molar-refractivity contribution in [3.8, 4) is 11.5 Å². The van der Waals surface area contributed by atoms with Crippen LogP contribution in [-0.4, -0.2) is 44.3 Å². The Hall–Kier alpha value is -3.07. The van der Waals surface area contributed by atoms with Gasteiger partial charge in [-0.1, -0.05) is 0 Å². The van der Waals surface area contributed by atoms with Crippen LogP contribution in [0.3, 0.4) is 0 Å². The summed E-state index contributed by atoms with van der Waals surface area (Å²) in [5.74, 6) is -0.827. The number of benzene rings is 1. The lowest BCUT2D eigenvalue weighted by molar-refractivity contribution is 0.0378. The molecule has 0 saturated carbocycles. The van der Waals surface area contributed by atoms with E-state index in [0.29, 0.717) is 17.1 Å². The lowest BCUT2D eigenvalue weighted by Crippen LogP contribution is -2.17. The molecule has 0 aliphatic rings. The van der Waals surface area contributed by atoms with Gasteiger partial charge in [0.2, 0.25) is 0 Å². The van der Waals surface area contributed by atoms with Gasteiger partial charge in [-0.25, -0.2) is 9.59 Å². The molecule has 0 atom stereocenters. The molecule has 0 saturated heterocycles. The molecule has 9 heteroatoms. The summed E-state index contributed by atoms with van der Waals surface area (Å²) in [6, 6.07) is 4.72. The Labute approximate surface area is 185 Å². The normalized spacial score (nSPS) is 10.7. The Bertz CT molecular complexity index is 956. The number of hydrogen-bond acceptors (Lipinski definition) is 8. The molecule has 2 rings (SSSR count). The van der Waals surface area contributed by atoms with Crippen LogP contribution in [0.1, 0.15) is 63.6 Å². The molecule has 1 amide bonds. The highest BCUT2D eigenvalue weighted by Gasteiger charge is 2.28. The second-order valence-electron chi connectivity index (χ2n) is 7.22. The highest BCUT2D eigenvalue weighted by Crippen LogP contribution is 2.35. The molecule has 1 aromatic carbocycles. The van der Waals surface area contributed by atoms with Crippen LogP contribution in [0.25, 0.3) is 0 Å². The molecular weight excluding hydrogens is 422 g/mol. The van der Waals surface area contributed by atoms with Crippen molar-refractivity contribution in [2.24, 2.45) is 0 Å². The van der Waals surface area contributed by atoms with Gasteiger partial charge in [0.25, 0.3) is 5.91 Å². The van der Waals surface area contributed by atoms with Crippen molar-refractivity contribution in [3.63, 3.8) is 0 Å². The fraction of sp³-hybridized carbons (Fsp3) is 0.409. The Kier molecular flexibility index (Phi) is 8.04. The average Bonchev–Trinajstić information content (AvgIpc) is 3.02. The molecule has 2 aromatic rings. The molecule has 0 radical (unpaired) electrons. The van der Waals surface area contributed by atoms with Crippen LogP contribution in [0.2, 0.25) is 0 Å². The van der Waals surface area contributed by atoms with Crippen LogP contribution < -0.4 is 14.8 Å². The van der Waals surface area contributed by atoms with E-state index in [1.807, 2.05) is 0 Å². The minimum atomic E-state index is -0.633. The molecular formula is C22H27NO7S. The third-order valence-corrected chi connectivity index (χ3v) is 5.25. The topological polar surface area (TPSA) is 100 Å². The Morgan fingerprint density at radius 1 is 0.871 bits per heavy atom. The van der Waals surface area contributed by atoms with Crippen LogP contribution in [0.5, 0.6) is 11.5 Å². The SMILES string of the molecule is COc1cc(OC)cc(C(=O)Nc2sc(C(=O)OC(C)C)c(C)c2C(=O)OC(C)C)c1. The first-order valence-corrected chi connectivity index (χ1v) is 10.5. The molecule has 1 heterocycles. The number of carbonyl (C=O) groups excluding carboxylic acids is 3. The van der Waals surface area contributed by atoms with Crippen molar-refractivity contribution in [3.05, 3.63) is 39.8 Å².